The van der Waals surface area contributed by atoms with E-state index in [4.69, 9.17) is 5.11 Å². The molecule has 0 radical (unpaired) electrons. The van der Waals surface area contributed by atoms with Gasteiger partial charge in [0.25, 0.3) is 0 Å². The van der Waals surface area contributed by atoms with Gasteiger partial charge in [-0.1, -0.05) is 30.3 Å². The summed E-state index contributed by atoms with van der Waals surface area (Å²) in [5, 5.41) is 11.4. The Morgan fingerprint density at radius 3 is 2.44 bits per heavy atom. The van der Waals surface area contributed by atoms with Crippen LogP contribution in [0, 0.1) is 0 Å². The highest BCUT2D eigenvalue weighted by atomic mass is 19.4. The monoisotopic (exact) mass is 346 g/mol. The summed E-state index contributed by atoms with van der Waals surface area (Å²) in [5.41, 5.74) is 1.37. The van der Waals surface area contributed by atoms with E-state index in [0.29, 0.717) is 5.39 Å². The van der Waals surface area contributed by atoms with Crippen LogP contribution in [0.1, 0.15) is 0 Å². The Balaban J connectivity index is 1.95. The third-order valence-electron chi connectivity index (χ3n) is 3.56. The third-order valence-corrected chi connectivity index (χ3v) is 3.56. The molecule has 1 aromatic heterocycles. The number of carboxylic acid groups (broad SMARTS) is 1. The van der Waals surface area contributed by atoms with Crippen molar-refractivity contribution in [3.05, 3.63) is 66.4 Å². The van der Waals surface area contributed by atoms with Gasteiger partial charge in [0.05, 0.1) is 6.08 Å². The Kier molecular flexibility index (Phi) is 4.22. The highest BCUT2D eigenvalue weighted by molar-refractivity contribution is 5.89. The lowest BCUT2D eigenvalue weighted by Crippen LogP contribution is -2.20. The van der Waals surface area contributed by atoms with Crippen molar-refractivity contribution in [2.75, 3.05) is 5.32 Å². The quantitative estimate of drug-likeness (QED) is 0.596. The number of hydrogen-bond acceptors (Lipinski definition) is 2. The summed E-state index contributed by atoms with van der Waals surface area (Å²) in [6.45, 7) is 0. The number of halogens is 3. The SMILES string of the molecule is O=C(O)/C=C(\Nc1ccc2[nH]c(-c3ccccc3)cc2c1)C(F)(F)F. The van der Waals surface area contributed by atoms with Crippen LogP contribution < -0.4 is 5.32 Å². The Bertz CT molecular complexity index is 944. The van der Waals surface area contributed by atoms with Crippen molar-refractivity contribution in [1.82, 2.24) is 4.98 Å². The average molecular weight is 346 g/mol. The fraction of sp³-hybridized carbons (Fsp3) is 0.0556. The Morgan fingerprint density at radius 1 is 1.08 bits per heavy atom. The van der Waals surface area contributed by atoms with E-state index in [1.54, 1.807) is 6.07 Å². The fourth-order valence-electron chi connectivity index (χ4n) is 2.45. The van der Waals surface area contributed by atoms with Crippen molar-refractivity contribution in [2.24, 2.45) is 0 Å². The molecule has 0 amide bonds. The lowest BCUT2D eigenvalue weighted by Gasteiger charge is -2.13. The minimum Gasteiger partial charge on any atom is -0.478 e. The summed E-state index contributed by atoms with van der Waals surface area (Å²) < 4.78 is 38.7. The topological polar surface area (TPSA) is 65.1 Å². The molecule has 0 spiro atoms. The van der Waals surface area contributed by atoms with E-state index in [-0.39, 0.29) is 11.8 Å². The number of alkyl halides is 3. The normalized spacial score (nSPS) is 12.4. The molecule has 3 rings (SSSR count). The number of carbonyl (C=O) groups is 1. The lowest BCUT2D eigenvalue weighted by molar-refractivity contribution is -0.132. The molecule has 3 N–H and O–H groups in total. The number of aromatic amines is 1. The van der Waals surface area contributed by atoms with Gasteiger partial charge in [0.15, 0.2) is 0 Å². The van der Waals surface area contributed by atoms with E-state index in [9.17, 15) is 18.0 Å². The molecule has 2 aromatic carbocycles. The molecular formula is C18H13F3N2O2. The molecule has 0 aliphatic rings. The van der Waals surface area contributed by atoms with Crippen molar-refractivity contribution < 1.29 is 23.1 Å². The predicted octanol–water partition coefficient (Wildman–Crippen LogP) is 4.78. The molecular weight excluding hydrogens is 333 g/mol. The summed E-state index contributed by atoms with van der Waals surface area (Å²) in [6, 6.07) is 15.9. The van der Waals surface area contributed by atoms with Gasteiger partial charge in [-0.2, -0.15) is 13.2 Å². The first-order valence-corrected chi connectivity index (χ1v) is 7.30. The second kappa shape index (κ2) is 6.35. The number of fused-ring (bicyclic) bond motifs is 1. The minimum absolute atomic E-state index is 0.108. The first-order chi connectivity index (χ1) is 11.8. The van der Waals surface area contributed by atoms with Gasteiger partial charge in [-0.05, 0) is 29.8 Å². The maximum atomic E-state index is 12.9. The molecule has 128 valence electrons. The molecule has 1 heterocycles. The standard InChI is InChI=1S/C18H13F3N2O2/c19-18(20,21)16(10-17(24)25)22-13-6-7-14-12(8-13)9-15(23-14)11-4-2-1-3-5-11/h1-10,22-23H,(H,24,25)/b16-10-. The van der Waals surface area contributed by atoms with Gasteiger partial charge < -0.3 is 15.4 Å². The maximum Gasteiger partial charge on any atom is 0.431 e. The second-order valence-electron chi connectivity index (χ2n) is 5.37. The Labute approximate surface area is 140 Å². The van der Waals surface area contributed by atoms with Crippen LogP contribution in [0.2, 0.25) is 0 Å². The number of hydrogen-bond donors (Lipinski definition) is 3. The van der Waals surface area contributed by atoms with E-state index >= 15 is 0 Å². The van der Waals surface area contributed by atoms with E-state index in [2.05, 4.69) is 10.3 Å². The highest BCUT2D eigenvalue weighted by Crippen LogP contribution is 2.30. The zero-order chi connectivity index (χ0) is 18.0. The van der Waals surface area contributed by atoms with E-state index in [1.165, 1.54) is 12.1 Å². The maximum absolute atomic E-state index is 12.9. The summed E-state index contributed by atoms with van der Waals surface area (Å²) >= 11 is 0. The first-order valence-electron chi connectivity index (χ1n) is 7.30. The number of aliphatic carboxylic acids is 1. The molecule has 7 heteroatoms. The first kappa shape index (κ1) is 16.6. The number of rotatable bonds is 4. The molecule has 0 saturated heterocycles. The van der Waals surface area contributed by atoms with Gasteiger partial charge in [-0.3, -0.25) is 0 Å². The van der Waals surface area contributed by atoms with Crippen LogP contribution in [0.4, 0.5) is 18.9 Å². The molecule has 3 aromatic rings. The molecule has 0 saturated carbocycles. The van der Waals surface area contributed by atoms with Crippen LogP contribution >= 0.6 is 0 Å². The Hall–Kier alpha value is -3.22. The van der Waals surface area contributed by atoms with Crippen molar-refractivity contribution in [2.45, 2.75) is 6.18 Å². The number of anilines is 1. The fourth-order valence-corrected chi connectivity index (χ4v) is 2.45. The van der Waals surface area contributed by atoms with Gasteiger partial charge in [0, 0.05) is 22.3 Å². The van der Waals surface area contributed by atoms with Crippen molar-refractivity contribution in [3.63, 3.8) is 0 Å². The van der Waals surface area contributed by atoms with Crippen molar-refractivity contribution >= 4 is 22.6 Å². The molecule has 0 atom stereocenters. The largest absolute Gasteiger partial charge is 0.478 e. The zero-order valence-corrected chi connectivity index (χ0v) is 12.8. The second-order valence-corrected chi connectivity index (χ2v) is 5.37. The molecule has 25 heavy (non-hydrogen) atoms. The van der Waals surface area contributed by atoms with Crippen LogP contribution in [0.3, 0.4) is 0 Å². The van der Waals surface area contributed by atoms with Crippen LogP contribution in [0.15, 0.2) is 66.4 Å². The van der Waals surface area contributed by atoms with Crippen LogP contribution in [0.5, 0.6) is 0 Å². The molecule has 0 fully saturated rings. The number of benzene rings is 2. The summed E-state index contributed by atoms with van der Waals surface area (Å²) in [5.74, 6) is -1.67. The number of allylic oxidation sites excluding steroid dienone is 1. The molecule has 0 aliphatic heterocycles. The van der Waals surface area contributed by atoms with Gasteiger partial charge in [0.2, 0.25) is 0 Å². The zero-order valence-electron chi connectivity index (χ0n) is 12.8. The molecule has 0 bridgehead atoms. The smallest absolute Gasteiger partial charge is 0.431 e. The van der Waals surface area contributed by atoms with Crippen molar-refractivity contribution in [1.29, 1.82) is 0 Å². The number of carboxylic acids is 1. The van der Waals surface area contributed by atoms with Crippen LogP contribution in [-0.2, 0) is 4.79 Å². The minimum atomic E-state index is -4.79. The van der Waals surface area contributed by atoms with Gasteiger partial charge in [-0.25, -0.2) is 4.79 Å². The van der Waals surface area contributed by atoms with Gasteiger partial charge in [-0.15, -0.1) is 0 Å². The molecule has 0 unspecified atom stereocenters. The average Bonchev–Trinajstić information content (AvgIpc) is 2.97. The van der Waals surface area contributed by atoms with Gasteiger partial charge in [0.1, 0.15) is 5.70 Å². The predicted molar refractivity (Wildman–Crippen MR) is 89.1 cm³/mol. The van der Waals surface area contributed by atoms with E-state index < -0.39 is 17.8 Å². The lowest BCUT2D eigenvalue weighted by atomic mass is 10.1. The summed E-state index contributed by atoms with van der Waals surface area (Å²) in [4.78, 5) is 13.8. The Morgan fingerprint density at radius 2 is 1.80 bits per heavy atom. The summed E-state index contributed by atoms with van der Waals surface area (Å²) in [7, 11) is 0. The number of aromatic nitrogens is 1. The third kappa shape index (κ3) is 3.82. The number of H-pyrrole nitrogens is 1. The molecule has 0 aliphatic carbocycles. The van der Waals surface area contributed by atoms with Crippen molar-refractivity contribution in [3.8, 4) is 11.3 Å². The van der Waals surface area contributed by atoms with Crippen LogP contribution in [0.25, 0.3) is 22.2 Å². The van der Waals surface area contributed by atoms with Gasteiger partial charge >= 0.3 is 12.1 Å². The van der Waals surface area contributed by atoms with Crippen LogP contribution in [-0.4, -0.2) is 22.2 Å². The summed E-state index contributed by atoms with van der Waals surface area (Å²) in [6.07, 6.45) is -4.68. The van der Waals surface area contributed by atoms with E-state index in [0.717, 1.165) is 16.8 Å². The van der Waals surface area contributed by atoms with E-state index in [1.807, 2.05) is 36.4 Å². The molecule has 4 nitrogen and oxygen atoms in total. The highest BCUT2D eigenvalue weighted by Gasteiger charge is 2.34. The number of nitrogens with one attached hydrogen (secondary N) is 2.